The molecule has 4 heterocycles. The molecule has 130 valence electrons. The summed E-state index contributed by atoms with van der Waals surface area (Å²) >= 11 is 0. The number of anilines is 1. The van der Waals surface area contributed by atoms with Crippen LogP contribution >= 0.6 is 0 Å². The molecule has 0 amide bonds. The third-order valence-electron chi connectivity index (χ3n) is 5.44. The first-order chi connectivity index (χ1) is 12.1. The molecular weight excluding hydrogens is 336 g/mol. The van der Waals surface area contributed by atoms with Crippen molar-refractivity contribution in [2.24, 2.45) is 0 Å². The topological polar surface area (TPSA) is 66.4 Å². The van der Waals surface area contributed by atoms with Crippen molar-refractivity contribution in [3.8, 4) is 0 Å². The molecule has 1 aromatic heterocycles. The van der Waals surface area contributed by atoms with E-state index in [1.165, 1.54) is 12.8 Å². The fourth-order valence-corrected chi connectivity index (χ4v) is 5.84. The van der Waals surface area contributed by atoms with Crippen LogP contribution in [0.15, 0.2) is 47.6 Å². The second kappa shape index (κ2) is 5.51. The van der Waals surface area contributed by atoms with E-state index in [0.29, 0.717) is 23.9 Å². The number of sulfonamides is 1. The third-order valence-corrected chi connectivity index (χ3v) is 7.46. The Bertz CT molecular complexity index is 886. The molecule has 2 unspecified atom stereocenters. The molecule has 3 aliphatic heterocycles. The van der Waals surface area contributed by atoms with E-state index in [9.17, 15) is 8.42 Å². The van der Waals surface area contributed by atoms with E-state index < -0.39 is 10.0 Å². The first-order valence-corrected chi connectivity index (χ1v) is 10.2. The van der Waals surface area contributed by atoms with Crippen LogP contribution in [0.2, 0.25) is 0 Å². The molecule has 2 aromatic rings. The van der Waals surface area contributed by atoms with Gasteiger partial charge in [-0.15, -0.1) is 0 Å². The summed E-state index contributed by atoms with van der Waals surface area (Å²) in [5, 5.41) is 0. The third kappa shape index (κ3) is 2.53. The molecule has 2 atom stereocenters. The summed E-state index contributed by atoms with van der Waals surface area (Å²) in [4.78, 5) is 11.4. The zero-order valence-corrected chi connectivity index (χ0v) is 14.6. The predicted molar refractivity (Wildman–Crippen MR) is 93.9 cm³/mol. The van der Waals surface area contributed by atoms with Crippen LogP contribution in [0, 0.1) is 0 Å². The maximum atomic E-state index is 12.9. The fraction of sp³-hybridized carbons (Fsp3) is 0.444. The van der Waals surface area contributed by atoms with E-state index in [2.05, 4.69) is 20.9 Å². The van der Waals surface area contributed by atoms with E-state index >= 15 is 0 Å². The molecule has 4 aliphatic rings. The number of piperidine rings is 1. The standard InChI is InChI=1S/C18H20N4O2S/c23-25(24,16-4-2-1-3-5-16)22-14-8-15(22)11-21(10-14)18-9-17(13-6-7-13)19-12-20-18/h1-5,9,12-15H,6-8,10-11H2. The van der Waals surface area contributed by atoms with Crippen molar-refractivity contribution in [2.45, 2.75) is 42.2 Å². The van der Waals surface area contributed by atoms with E-state index in [4.69, 9.17) is 0 Å². The van der Waals surface area contributed by atoms with E-state index in [1.54, 1.807) is 34.9 Å². The molecule has 6 rings (SSSR count). The molecule has 1 saturated carbocycles. The Morgan fingerprint density at radius 2 is 1.72 bits per heavy atom. The van der Waals surface area contributed by atoms with E-state index in [-0.39, 0.29) is 12.1 Å². The van der Waals surface area contributed by atoms with Crippen molar-refractivity contribution in [3.63, 3.8) is 0 Å². The second-order valence-corrected chi connectivity index (χ2v) is 9.01. The molecule has 0 spiro atoms. The van der Waals surface area contributed by atoms with Crippen molar-refractivity contribution >= 4 is 15.8 Å². The van der Waals surface area contributed by atoms with Gasteiger partial charge in [0, 0.05) is 42.9 Å². The Balaban J connectivity index is 1.36. The van der Waals surface area contributed by atoms with Gasteiger partial charge < -0.3 is 4.90 Å². The lowest BCUT2D eigenvalue weighted by atomic mass is 9.91. The molecule has 6 nitrogen and oxygen atoms in total. The molecule has 3 saturated heterocycles. The molecule has 25 heavy (non-hydrogen) atoms. The molecular formula is C18H20N4O2S. The van der Waals surface area contributed by atoms with Crippen LogP contribution in [0.4, 0.5) is 5.82 Å². The van der Waals surface area contributed by atoms with Crippen LogP contribution in [-0.4, -0.2) is 47.9 Å². The van der Waals surface area contributed by atoms with Gasteiger partial charge in [0.1, 0.15) is 12.1 Å². The average Bonchev–Trinajstić information content (AvgIpc) is 3.47. The quantitative estimate of drug-likeness (QED) is 0.838. The van der Waals surface area contributed by atoms with Crippen LogP contribution in [0.3, 0.4) is 0 Å². The van der Waals surface area contributed by atoms with Gasteiger partial charge in [-0.05, 0) is 31.4 Å². The number of hydrogen-bond acceptors (Lipinski definition) is 5. The minimum atomic E-state index is -3.40. The highest BCUT2D eigenvalue weighted by molar-refractivity contribution is 7.89. The first-order valence-electron chi connectivity index (χ1n) is 8.78. The average molecular weight is 356 g/mol. The van der Waals surface area contributed by atoms with Gasteiger partial charge in [0.05, 0.1) is 4.90 Å². The van der Waals surface area contributed by atoms with E-state index in [1.807, 2.05) is 6.07 Å². The van der Waals surface area contributed by atoms with Gasteiger partial charge in [0.25, 0.3) is 0 Å². The molecule has 1 aliphatic carbocycles. The van der Waals surface area contributed by atoms with E-state index in [0.717, 1.165) is 17.9 Å². The van der Waals surface area contributed by atoms with Gasteiger partial charge in [-0.1, -0.05) is 18.2 Å². The monoisotopic (exact) mass is 356 g/mol. The van der Waals surface area contributed by atoms with Gasteiger partial charge in [0.15, 0.2) is 0 Å². The molecule has 0 N–H and O–H groups in total. The largest absolute Gasteiger partial charge is 0.353 e. The number of piperazine rings is 1. The maximum Gasteiger partial charge on any atom is 0.243 e. The number of nitrogens with zero attached hydrogens (tertiary/aromatic N) is 4. The van der Waals surface area contributed by atoms with Gasteiger partial charge in [0.2, 0.25) is 10.0 Å². The van der Waals surface area contributed by atoms with Crippen molar-refractivity contribution in [2.75, 3.05) is 18.0 Å². The molecule has 2 bridgehead atoms. The molecule has 7 heteroatoms. The normalized spacial score (nSPS) is 26.3. The summed E-state index contributed by atoms with van der Waals surface area (Å²) in [5.41, 5.74) is 1.12. The summed E-state index contributed by atoms with van der Waals surface area (Å²) in [6.07, 6.45) is 5.00. The Hall–Kier alpha value is -1.99. The SMILES string of the molecule is O=S(=O)(c1ccccc1)N1C2CC1CN(c1cc(C3CC3)ncn1)C2. The maximum absolute atomic E-state index is 12.9. The Morgan fingerprint density at radius 1 is 1.00 bits per heavy atom. The van der Waals surface area contributed by atoms with Gasteiger partial charge in [-0.3, -0.25) is 0 Å². The minimum absolute atomic E-state index is 0.0308. The van der Waals surface area contributed by atoms with Crippen LogP contribution in [0.25, 0.3) is 0 Å². The lowest BCUT2D eigenvalue weighted by Gasteiger charge is -2.55. The minimum Gasteiger partial charge on any atom is -0.353 e. The van der Waals surface area contributed by atoms with Gasteiger partial charge in [-0.2, -0.15) is 4.31 Å². The van der Waals surface area contributed by atoms with Crippen molar-refractivity contribution in [1.29, 1.82) is 0 Å². The summed E-state index contributed by atoms with van der Waals surface area (Å²) in [5.74, 6) is 1.53. The van der Waals surface area contributed by atoms with Crippen LogP contribution in [0.1, 0.15) is 30.9 Å². The summed E-state index contributed by atoms with van der Waals surface area (Å²) in [6.45, 7) is 1.40. The van der Waals surface area contributed by atoms with Crippen LogP contribution in [-0.2, 0) is 10.0 Å². The summed E-state index contributed by atoms with van der Waals surface area (Å²) < 4.78 is 27.5. The number of rotatable bonds is 4. The number of hydrogen-bond donors (Lipinski definition) is 0. The lowest BCUT2D eigenvalue weighted by molar-refractivity contribution is 0.0874. The van der Waals surface area contributed by atoms with Crippen molar-refractivity contribution in [1.82, 2.24) is 14.3 Å². The first kappa shape index (κ1) is 15.3. The predicted octanol–water partition coefficient (Wildman–Crippen LogP) is 2.01. The highest BCUT2D eigenvalue weighted by atomic mass is 32.2. The zero-order chi connectivity index (χ0) is 17.0. The molecule has 4 fully saturated rings. The number of aromatic nitrogens is 2. The lowest BCUT2D eigenvalue weighted by Crippen LogP contribution is -2.70. The number of fused-ring (bicyclic) bond motifs is 2. The molecule has 0 radical (unpaired) electrons. The Kier molecular flexibility index (Phi) is 3.36. The van der Waals surface area contributed by atoms with Gasteiger partial charge in [-0.25, -0.2) is 18.4 Å². The Labute approximate surface area is 147 Å². The van der Waals surface area contributed by atoms with Crippen LogP contribution < -0.4 is 4.90 Å². The van der Waals surface area contributed by atoms with Crippen LogP contribution in [0.5, 0.6) is 0 Å². The smallest absolute Gasteiger partial charge is 0.243 e. The van der Waals surface area contributed by atoms with Crippen molar-refractivity contribution in [3.05, 3.63) is 48.4 Å². The Morgan fingerprint density at radius 3 is 2.40 bits per heavy atom. The summed E-state index contributed by atoms with van der Waals surface area (Å²) in [6, 6.07) is 10.9. The zero-order valence-electron chi connectivity index (χ0n) is 13.8. The van der Waals surface area contributed by atoms with Crippen molar-refractivity contribution < 1.29 is 8.42 Å². The molecule has 1 aromatic carbocycles. The highest BCUT2D eigenvalue weighted by Crippen LogP contribution is 2.41. The highest BCUT2D eigenvalue weighted by Gasteiger charge is 2.51. The van der Waals surface area contributed by atoms with Gasteiger partial charge >= 0.3 is 0 Å². The fourth-order valence-electron chi connectivity index (χ4n) is 4.01. The second-order valence-electron chi connectivity index (χ2n) is 7.17. The summed E-state index contributed by atoms with van der Waals surface area (Å²) in [7, 11) is -3.40. The number of benzene rings is 1.